The summed E-state index contributed by atoms with van der Waals surface area (Å²) in [5, 5.41) is 0. The van der Waals surface area contributed by atoms with Crippen LogP contribution in [0.1, 0.15) is 84.5 Å². The SMILES string of the molecule is CC(C)C[C@H](CN)CC(=O)OCCCCCOC(=O)CC1(CN)CCCCC1.Cl.Cl. The highest BCUT2D eigenvalue weighted by atomic mass is 35.5. The molecular weight excluding hydrogens is 427 g/mol. The Bertz CT molecular complexity index is 458. The molecule has 0 aromatic carbocycles. The van der Waals surface area contributed by atoms with Gasteiger partial charge in [-0.3, -0.25) is 9.59 Å². The van der Waals surface area contributed by atoms with Gasteiger partial charge in [-0.15, -0.1) is 24.8 Å². The summed E-state index contributed by atoms with van der Waals surface area (Å²) in [5.74, 6) is 0.439. The summed E-state index contributed by atoms with van der Waals surface area (Å²) in [6.45, 7) is 6.19. The Morgan fingerprint density at radius 2 is 1.47 bits per heavy atom. The number of hydrogen-bond donors (Lipinski definition) is 2. The van der Waals surface area contributed by atoms with Crippen molar-refractivity contribution in [2.24, 2.45) is 28.7 Å². The molecule has 180 valence electrons. The zero-order chi connectivity index (χ0) is 20.8. The molecule has 1 rings (SSSR count). The van der Waals surface area contributed by atoms with Gasteiger partial charge in [0.1, 0.15) is 0 Å². The average Bonchev–Trinajstić information content (AvgIpc) is 2.67. The smallest absolute Gasteiger partial charge is 0.306 e. The number of nitrogens with two attached hydrogens (primary N) is 2. The third-order valence-electron chi connectivity index (χ3n) is 5.77. The summed E-state index contributed by atoms with van der Waals surface area (Å²) in [5.41, 5.74) is 11.6. The van der Waals surface area contributed by atoms with Crippen LogP contribution in [0.5, 0.6) is 0 Å². The van der Waals surface area contributed by atoms with Crippen LogP contribution in [0, 0.1) is 17.3 Å². The fourth-order valence-electron chi connectivity index (χ4n) is 4.09. The van der Waals surface area contributed by atoms with Gasteiger partial charge in [-0.2, -0.15) is 0 Å². The standard InChI is InChI=1S/C22H42N2O4.2ClH/c1-18(2)13-19(16-23)14-20(25)27-11-7-4-8-12-28-21(26)15-22(17-24)9-5-3-6-10-22;;/h18-19H,3-17,23-24H2,1-2H3;2*1H/t19-;;/m0../s1. The van der Waals surface area contributed by atoms with E-state index in [1.165, 1.54) is 6.42 Å². The van der Waals surface area contributed by atoms with E-state index < -0.39 is 0 Å². The first-order valence-electron chi connectivity index (χ1n) is 11.1. The molecule has 1 aliphatic rings. The number of carbonyl (C=O) groups is 2. The van der Waals surface area contributed by atoms with Crippen LogP contribution in [0.2, 0.25) is 0 Å². The van der Waals surface area contributed by atoms with Crippen LogP contribution in [0.25, 0.3) is 0 Å². The van der Waals surface area contributed by atoms with Gasteiger partial charge in [-0.1, -0.05) is 33.1 Å². The molecule has 6 nitrogen and oxygen atoms in total. The first-order chi connectivity index (χ1) is 13.4. The van der Waals surface area contributed by atoms with Crippen LogP contribution in [0.3, 0.4) is 0 Å². The van der Waals surface area contributed by atoms with Gasteiger partial charge in [0.15, 0.2) is 0 Å². The first-order valence-corrected chi connectivity index (χ1v) is 11.1. The van der Waals surface area contributed by atoms with Crippen LogP contribution in [-0.2, 0) is 19.1 Å². The summed E-state index contributed by atoms with van der Waals surface area (Å²) in [7, 11) is 0. The van der Waals surface area contributed by atoms with Crippen molar-refractivity contribution in [1.82, 2.24) is 0 Å². The van der Waals surface area contributed by atoms with Gasteiger partial charge in [0, 0.05) is 6.42 Å². The predicted molar refractivity (Wildman–Crippen MR) is 126 cm³/mol. The molecule has 0 spiro atoms. The second-order valence-corrected chi connectivity index (χ2v) is 8.88. The molecule has 0 radical (unpaired) electrons. The molecular formula is C22H44Cl2N2O4. The van der Waals surface area contributed by atoms with E-state index in [9.17, 15) is 9.59 Å². The molecule has 1 atom stereocenters. The Morgan fingerprint density at radius 1 is 0.900 bits per heavy atom. The second-order valence-electron chi connectivity index (χ2n) is 8.88. The third-order valence-corrected chi connectivity index (χ3v) is 5.77. The quantitative estimate of drug-likeness (QED) is 0.288. The molecule has 0 aromatic rings. The normalized spacial score (nSPS) is 16.2. The number of halogens is 2. The molecule has 30 heavy (non-hydrogen) atoms. The number of unbranched alkanes of at least 4 members (excludes halogenated alkanes) is 2. The number of carbonyl (C=O) groups excluding carboxylic acids is 2. The van der Waals surface area contributed by atoms with Crippen molar-refractivity contribution in [1.29, 1.82) is 0 Å². The number of rotatable bonds is 14. The third kappa shape index (κ3) is 13.7. The van der Waals surface area contributed by atoms with E-state index in [1.807, 2.05) is 0 Å². The molecule has 0 amide bonds. The molecule has 8 heteroatoms. The lowest BCUT2D eigenvalue weighted by Gasteiger charge is -2.35. The molecule has 0 aliphatic heterocycles. The molecule has 1 fully saturated rings. The average molecular weight is 472 g/mol. The molecule has 0 bridgehead atoms. The molecule has 1 saturated carbocycles. The monoisotopic (exact) mass is 470 g/mol. The van der Waals surface area contributed by atoms with Gasteiger partial charge < -0.3 is 20.9 Å². The van der Waals surface area contributed by atoms with Crippen LogP contribution < -0.4 is 11.5 Å². The molecule has 1 aliphatic carbocycles. The highest BCUT2D eigenvalue weighted by molar-refractivity contribution is 5.85. The van der Waals surface area contributed by atoms with Crippen molar-refractivity contribution < 1.29 is 19.1 Å². The van der Waals surface area contributed by atoms with E-state index in [-0.39, 0.29) is 48.1 Å². The van der Waals surface area contributed by atoms with Crippen molar-refractivity contribution in [2.75, 3.05) is 26.3 Å². The summed E-state index contributed by atoms with van der Waals surface area (Å²) in [6, 6.07) is 0. The molecule has 0 aromatic heterocycles. The minimum Gasteiger partial charge on any atom is -0.466 e. The maximum atomic E-state index is 12.1. The number of hydrogen-bond acceptors (Lipinski definition) is 6. The van der Waals surface area contributed by atoms with Crippen molar-refractivity contribution in [2.45, 2.75) is 84.5 Å². The van der Waals surface area contributed by atoms with Gasteiger partial charge in [0.05, 0.1) is 19.6 Å². The Kier molecular flexibility index (Phi) is 19.0. The van der Waals surface area contributed by atoms with E-state index in [0.29, 0.717) is 45.1 Å². The lowest BCUT2D eigenvalue weighted by atomic mass is 9.72. The predicted octanol–water partition coefficient (Wildman–Crippen LogP) is 4.40. The first kappa shape index (κ1) is 31.6. The summed E-state index contributed by atoms with van der Waals surface area (Å²) < 4.78 is 10.7. The molecule has 0 heterocycles. The number of ether oxygens (including phenoxy) is 2. The van der Waals surface area contributed by atoms with Gasteiger partial charge in [-0.25, -0.2) is 0 Å². The molecule has 0 saturated heterocycles. The maximum absolute atomic E-state index is 12.1. The lowest BCUT2D eigenvalue weighted by Crippen LogP contribution is -2.35. The van der Waals surface area contributed by atoms with Crippen molar-refractivity contribution in [3.8, 4) is 0 Å². The van der Waals surface area contributed by atoms with E-state index >= 15 is 0 Å². The largest absolute Gasteiger partial charge is 0.466 e. The van der Waals surface area contributed by atoms with E-state index in [0.717, 1.165) is 51.4 Å². The van der Waals surface area contributed by atoms with E-state index in [4.69, 9.17) is 20.9 Å². The Labute approximate surface area is 195 Å². The summed E-state index contributed by atoms with van der Waals surface area (Å²) in [6.07, 6.45) is 9.86. The zero-order valence-corrected chi connectivity index (χ0v) is 20.5. The Hall–Kier alpha value is -0.560. The Balaban J connectivity index is 0. The van der Waals surface area contributed by atoms with Gasteiger partial charge in [-0.05, 0) is 68.9 Å². The minimum absolute atomic E-state index is 0. The van der Waals surface area contributed by atoms with Crippen LogP contribution in [0.4, 0.5) is 0 Å². The van der Waals surface area contributed by atoms with Crippen LogP contribution >= 0.6 is 24.8 Å². The van der Waals surface area contributed by atoms with Gasteiger partial charge in [0.25, 0.3) is 0 Å². The fourth-order valence-corrected chi connectivity index (χ4v) is 4.09. The lowest BCUT2D eigenvalue weighted by molar-refractivity contribution is -0.147. The van der Waals surface area contributed by atoms with E-state index in [2.05, 4.69) is 13.8 Å². The van der Waals surface area contributed by atoms with E-state index in [1.54, 1.807) is 0 Å². The highest BCUT2D eigenvalue weighted by Crippen LogP contribution is 2.38. The van der Waals surface area contributed by atoms with Gasteiger partial charge in [0.2, 0.25) is 0 Å². The zero-order valence-electron chi connectivity index (χ0n) is 18.9. The number of esters is 2. The van der Waals surface area contributed by atoms with Crippen molar-refractivity contribution >= 4 is 36.8 Å². The molecule has 4 N–H and O–H groups in total. The van der Waals surface area contributed by atoms with Gasteiger partial charge >= 0.3 is 11.9 Å². The highest BCUT2D eigenvalue weighted by Gasteiger charge is 2.33. The van der Waals surface area contributed by atoms with Crippen LogP contribution in [0.15, 0.2) is 0 Å². The maximum Gasteiger partial charge on any atom is 0.306 e. The summed E-state index contributed by atoms with van der Waals surface area (Å²) in [4.78, 5) is 24.0. The minimum atomic E-state index is -0.165. The van der Waals surface area contributed by atoms with Crippen molar-refractivity contribution in [3.05, 3.63) is 0 Å². The fraction of sp³-hybridized carbons (Fsp3) is 0.909. The van der Waals surface area contributed by atoms with Crippen molar-refractivity contribution in [3.63, 3.8) is 0 Å². The second kappa shape index (κ2) is 18.1. The summed E-state index contributed by atoms with van der Waals surface area (Å²) >= 11 is 0. The molecule has 0 unspecified atom stereocenters. The van der Waals surface area contributed by atoms with Crippen LogP contribution in [-0.4, -0.2) is 38.2 Å². The Morgan fingerprint density at radius 3 is 1.97 bits per heavy atom. The topological polar surface area (TPSA) is 105 Å².